The molecule has 0 spiro atoms. The highest BCUT2D eigenvalue weighted by molar-refractivity contribution is 6.55. The Balaban J connectivity index is 2.29. The van der Waals surface area contributed by atoms with Crippen LogP contribution in [-0.4, -0.2) is 36.0 Å². The molecule has 1 N–H and O–H groups in total. The van der Waals surface area contributed by atoms with Crippen molar-refractivity contribution in [1.29, 1.82) is 0 Å². The molecule has 164 valence electrons. The Bertz CT molecular complexity index is 805. The van der Waals surface area contributed by atoms with Gasteiger partial charge in [-0.15, -0.1) is 0 Å². The lowest BCUT2D eigenvalue weighted by Crippen LogP contribution is -2.41. The molecule has 30 heavy (non-hydrogen) atoms. The molecule has 1 aromatic rings. The first kappa shape index (κ1) is 24.0. The Labute approximate surface area is 180 Å². The molecule has 0 atom stereocenters. The molecule has 0 aromatic heterocycles. The molecule has 1 fully saturated rings. The maximum Gasteiger partial charge on any atom is 0.498 e. The van der Waals surface area contributed by atoms with Crippen LogP contribution in [0.4, 0.5) is 0 Å². The summed E-state index contributed by atoms with van der Waals surface area (Å²) in [5.41, 5.74) is 0.197. The minimum Gasteiger partial charge on any atom is -0.513 e. The molecule has 2 rings (SSSR count). The Morgan fingerprint density at radius 3 is 2.27 bits per heavy atom. The van der Waals surface area contributed by atoms with E-state index in [4.69, 9.17) is 18.8 Å². The van der Waals surface area contributed by atoms with Crippen LogP contribution in [0.2, 0.25) is 0 Å². The molecule has 0 bridgehead atoms. The molecule has 1 aliphatic heterocycles. The van der Waals surface area contributed by atoms with Crippen LogP contribution in [0, 0.1) is 0 Å². The van der Waals surface area contributed by atoms with Crippen molar-refractivity contribution in [3.8, 4) is 5.75 Å². The lowest BCUT2D eigenvalue weighted by atomic mass is 9.76. The first-order valence-corrected chi connectivity index (χ1v) is 10.4. The van der Waals surface area contributed by atoms with Gasteiger partial charge in [-0.3, -0.25) is 4.79 Å². The number of esters is 1. The maximum absolute atomic E-state index is 11.9. The van der Waals surface area contributed by atoms with Crippen LogP contribution in [-0.2, 0) is 25.3 Å². The van der Waals surface area contributed by atoms with Gasteiger partial charge in [0, 0.05) is 17.5 Å². The van der Waals surface area contributed by atoms with Crippen LogP contribution >= 0.6 is 0 Å². The van der Waals surface area contributed by atoms with Gasteiger partial charge < -0.3 is 23.9 Å². The van der Waals surface area contributed by atoms with Crippen molar-refractivity contribution in [2.24, 2.45) is 0 Å². The van der Waals surface area contributed by atoms with Crippen molar-refractivity contribution in [2.75, 3.05) is 6.61 Å². The number of carbonyl (C=O) groups excluding carboxylic acids is 1. The van der Waals surface area contributed by atoms with E-state index >= 15 is 0 Å². The van der Waals surface area contributed by atoms with E-state index in [1.807, 2.05) is 58.9 Å². The average molecular weight is 416 g/mol. The maximum atomic E-state index is 11.9. The van der Waals surface area contributed by atoms with Crippen LogP contribution in [0.1, 0.15) is 60.5 Å². The number of carbonyl (C=O) groups is 1. The monoisotopic (exact) mass is 416 g/mol. The van der Waals surface area contributed by atoms with Gasteiger partial charge in [0.15, 0.2) is 0 Å². The Morgan fingerprint density at radius 2 is 1.73 bits per heavy atom. The third-order valence-electron chi connectivity index (χ3n) is 5.44. The van der Waals surface area contributed by atoms with Crippen LogP contribution in [0.25, 0.3) is 0 Å². The predicted molar refractivity (Wildman–Crippen MR) is 117 cm³/mol. The van der Waals surface area contributed by atoms with Crippen molar-refractivity contribution in [3.63, 3.8) is 0 Å². The molecule has 7 heteroatoms. The van der Waals surface area contributed by atoms with E-state index in [9.17, 15) is 9.90 Å². The van der Waals surface area contributed by atoms with E-state index in [1.54, 1.807) is 19.9 Å². The minimum absolute atomic E-state index is 0.0999. The third-order valence-corrected chi connectivity index (χ3v) is 5.44. The predicted octanol–water partition coefficient (Wildman–Crippen LogP) is 4.93. The number of benzene rings is 1. The number of hydrogen-bond donors (Lipinski definition) is 1. The zero-order valence-electron chi connectivity index (χ0n) is 19.1. The Hall–Kier alpha value is -2.25. The van der Waals surface area contributed by atoms with Gasteiger partial charge in [-0.1, -0.05) is 25.1 Å². The van der Waals surface area contributed by atoms with E-state index in [1.165, 1.54) is 0 Å². The summed E-state index contributed by atoms with van der Waals surface area (Å²) in [5.74, 6) is 0.981. The van der Waals surface area contributed by atoms with Gasteiger partial charge in [-0.25, -0.2) is 0 Å². The van der Waals surface area contributed by atoms with Crippen molar-refractivity contribution in [1.82, 2.24) is 0 Å². The number of allylic oxidation sites excluding steroid dienone is 4. The SMILES string of the molecule is CCOC(=O)Cc1ccccc1O/C(=C/C(B1OC(C)(C)C(C)(C)O1)=C(\C)O)CC. The number of rotatable bonds is 8. The number of ether oxygens (including phenoxy) is 2. The topological polar surface area (TPSA) is 74.2 Å². The normalized spacial score (nSPS) is 18.8. The van der Waals surface area contributed by atoms with Gasteiger partial charge in [0.25, 0.3) is 0 Å². The lowest BCUT2D eigenvalue weighted by Gasteiger charge is -2.32. The lowest BCUT2D eigenvalue weighted by molar-refractivity contribution is -0.142. The first-order valence-electron chi connectivity index (χ1n) is 10.4. The van der Waals surface area contributed by atoms with Crippen molar-refractivity contribution >= 4 is 13.1 Å². The molecule has 1 saturated heterocycles. The smallest absolute Gasteiger partial charge is 0.498 e. The standard InChI is InChI=1S/C23H33BO6/c1-8-18(28-20-13-11-10-12-17(20)14-21(26)27-9-2)15-19(16(3)25)24-29-22(4,5)23(6,7)30-24/h10-13,15,25H,8-9,14H2,1-7H3/b18-15+,19-16-. The molecule has 0 saturated carbocycles. The van der Waals surface area contributed by atoms with E-state index in [0.29, 0.717) is 30.0 Å². The second-order valence-electron chi connectivity index (χ2n) is 8.28. The number of para-hydroxylation sites is 1. The summed E-state index contributed by atoms with van der Waals surface area (Å²) in [6.07, 6.45) is 2.45. The van der Waals surface area contributed by atoms with E-state index in [-0.39, 0.29) is 18.1 Å². The van der Waals surface area contributed by atoms with Crippen LogP contribution in [0.5, 0.6) is 5.75 Å². The van der Waals surface area contributed by atoms with Crippen LogP contribution in [0.15, 0.2) is 47.3 Å². The quantitative estimate of drug-likeness (QED) is 0.280. The second-order valence-corrected chi connectivity index (χ2v) is 8.28. The summed E-state index contributed by atoms with van der Waals surface area (Å²) < 4.78 is 23.3. The average Bonchev–Trinajstić information content (AvgIpc) is 2.86. The van der Waals surface area contributed by atoms with Gasteiger partial charge in [-0.05, 0) is 53.7 Å². The van der Waals surface area contributed by atoms with Gasteiger partial charge in [0.1, 0.15) is 11.5 Å². The molecule has 6 nitrogen and oxygen atoms in total. The summed E-state index contributed by atoms with van der Waals surface area (Å²) in [4.78, 5) is 11.9. The molecule has 0 unspecified atom stereocenters. The zero-order valence-corrected chi connectivity index (χ0v) is 19.1. The van der Waals surface area contributed by atoms with Crippen molar-refractivity contribution < 1.29 is 28.7 Å². The summed E-state index contributed by atoms with van der Waals surface area (Å²) in [7, 11) is -0.708. The molecule has 0 aliphatic carbocycles. The number of aliphatic hydroxyl groups excluding tert-OH is 1. The fourth-order valence-electron chi connectivity index (χ4n) is 2.95. The van der Waals surface area contributed by atoms with Gasteiger partial charge in [0.05, 0.1) is 30.0 Å². The summed E-state index contributed by atoms with van der Waals surface area (Å²) in [6, 6.07) is 7.34. The molecule has 0 amide bonds. The summed E-state index contributed by atoms with van der Waals surface area (Å²) in [5, 5.41) is 10.3. The van der Waals surface area contributed by atoms with E-state index in [2.05, 4.69) is 0 Å². The summed E-state index contributed by atoms with van der Waals surface area (Å²) in [6.45, 7) is 13.5. The molecular formula is C23H33BO6. The summed E-state index contributed by atoms with van der Waals surface area (Å²) >= 11 is 0. The second kappa shape index (κ2) is 9.71. The zero-order chi connectivity index (χ0) is 22.5. The third kappa shape index (κ3) is 5.67. The molecule has 1 aliphatic rings. The largest absolute Gasteiger partial charge is 0.513 e. The molecule has 1 heterocycles. The fourth-order valence-corrected chi connectivity index (χ4v) is 2.95. The Kier molecular flexibility index (Phi) is 7.78. The fraction of sp³-hybridized carbons (Fsp3) is 0.522. The Morgan fingerprint density at radius 1 is 1.13 bits per heavy atom. The van der Waals surface area contributed by atoms with Crippen molar-refractivity contribution in [3.05, 3.63) is 52.9 Å². The number of hydrogen-bond acceptors (Lipinski definition) is 6. The highest BCUT2D eigenvalue weighted by atomic mass is 16.7. The minimum atomic E-state index is -0.708. The number of aliphatic hydroxyl groups is 1. The van der Waals surface area contributed by atoms with Gasteiger partial charge >= 0.3 is 13.1 Å². The van der Waals surface area contributed by atoms with Gasteiger partial charge in [-0.2, -0.15) is 0 Å². The van der Waals surface area contributed by atoms with Crippen LogP contribution in [0.3, 0.4) is 0 Å². The van der Waals surface area contributed by atoms with E-state index in [0.717, 1.165) is 5.56 Å². The molecule has 1 aromatic carbocycles. The highest BCUT2D eigenvalue weighted by Gasteiger charge is 2.52. The highest BCUT2D eigenvalue weighted by Crippen LogP contribution is 2.39. The molecular weight excluding hydrogens is 383 g/mol. The van der Waals surface area contributed by atoms with Crippen molar-refractivity contribution in [2.45, 2.75) is 72.5 Å². The van der Waals surface area contributed by atoms with Gasteiger partial charge in [0.2, 0.25) is 0 Å². The van der Waals surface area contributed by atoms with Crippen LogP contribution < -0.4 is 4.74 Å². The molecule has 0 radical (unpaired) electrons. The first-order chi connectivity index (χ1) is 14.0. The van der Waals surface area contributed by atoms with E-state index < -0.39 is 18.3 Å².